The zero-order valence-corrected chi connectivity index (χ0v) is 27.5. The highest BCUT2D eigenvalue weighted by atomic mass is 16.5. The topological polar surface area (TPSA) is 40.2 Å². The molecule has 7 rings (SSSR count). The lowest BCUT2D eigenvalue weighted by Gasteiger charge is -2.41. The van der Waals surface area contributed by atoms with E-state index in [9.17, 15) is 0 Å². The van der Waals surface area contributed by atoms with Crippen LogP contribution in [0.5, 0.6) is 23.0 Å². The van der Waals surface area contributed by atoms with Crippen LogP contribution in [0.15, 0.2) is 109 Å². The Morgan fingerprint density at radius 1 is 0.638 bits per heavy atom. The third kappa shape index (κ3) is 5.57. The maximum atomic E-state index is 5.92. The molecule has 1 heterocycles. The third-order valence-corrected chi connectivity index (χ3v) is 9.30. The van der Waals surface area contributed by atoms with E-state index in [0.717, 1.165) is 35.5 Å². The van der Waals surface area contributed by atoms with E-state index in [2.05, 4.69) is 121 Å². The number of rotatable bonds is 8. The molecule has 0 fully saturated rings. The van der Waals surface area contributed by atoms with Gasteiger partial charge >= 0.3 is 0 Å². The van der Waals surface area contributed by atoms with Gasteiger partial charge in [0.25, 0.3) is 0 Å². The van der Waals surface area contributed by atoms with E-state index >= 15 is 0 Å². The van der Waals surface area contributed by atoms with Gasteiger partial charge in [-0.15, -0.1) is 0 Å². The first-order chi connectivity index (χ1) is 23.0. The summed E-state index contributed by atoms with van der Waals surface area (Å²) in [4.78, 5) is 2.59. The van der Waals surface area contributed by atoms with E-state index in [1.807, 2.05) is 6.07 Å². The Morgan fingerprint density at radius 3 is 2.02 bits per heavy atom. The summed E-state index contributed by atoms with van der Waals surface area (Å²) in [5, 5.41) is 0. The first kappa shape index (κ1) is 30.4. The molecule has 1 atom stereocenters. The summed E-state index contributed by atoms with van der Waals surface area (Å²) in [5.41, 5.74) is 13.1. The molecule has 0 spiro atoms. The molecular weight excluding hydrogens is 582 g/mol. The van der Waals surface area contributed by atoms with Crippen LogP contribution in [0.25, 0.3) is 22.8 Å². The Kier molecular flexibility index (Phi) is 8.32. The third-order valence-electron chi connectivity index (χ3n) is 9.30. The number of allylic oxidation sites excluding steroid dienone is 2. The van der Waals surface area contributed by atoms with Crippen molar-refractivity contribution in [3.8, 4) is 23.0 Å². The predicted octanol–water partition coefficient (Wildman–Crippen LogP) is 9.25. The van der Waals surface area contributed by atoms with Gasteiger partial charge in [0.05, 0.1) is 34.5 Å². The van der Waals surface area contributed by atoms with Crippen molar-refractivity contribution in [3.63, 3.8) is 0 Å². The highest BCUT2D eigenvalue weighted by Gasteiger charge is 2.38. The second-order valence-corrected chi connectivity index (χ2v) is 12.1. The van der Waals surface area contributed by atoms with Crippen molar-refractivity contribution in [2.45, 2.75) is 26.1 Å². The fourth-order valence-corrected chi connectivity index (χ4v) is 7.05. The summed E-state index contributed by atoms with van der Waals surface area (Å²) in [5.74, 6) is 2.84. The minimum atomic E-state index is -0.0499. The molecule has 0 amide bonds. The van der Waals surface area contributed by atoms with E-state index in [0.29, 0.717) is 17.2 Å². The largest absolute Gasteiger partial charge is 0.493 e. The van der Waals surface area contributed by atoms with Crippen molar-refractivity contribution < 1.29 is 18.9 Å². The molecule has 0 radical (unpaired) electrons. The van der Waals surface area contributed by atoms with Crippen LogP contribution in [0.4, 0.5) is 0 Å². The van der Waals surface area contributed by atoms with Gasteiger partial charge in [0, 0.05) is 13.1 Å². The number of aryl methyl sites for hydroxylation is 1. The van der Waals surface area contributed by atoms with E-state index in [4.69, 9.17) is 18.9 Å². The van der Waals surface area contributed by atoms with Crippen molar-refractivity contribution in [3.05, 3.63) is 154 Å². The molecule has 47 heavy (non-hydrogen) atoms. The van der Waals surface area contributed by atoms with E-state index in [-0.39, 0.29) is 6.04 Å². The number of nitrogens with zero attached hydrogens (tertiary/aromatic N) is 1. The lowest BCUT2D eigenvalue weighted by molar-refractivity contribution is 0.211. The zero-order chi connectivity index (χ0) is 32.5. The standard InChI is InChI=1S/C42H39NO4/c1-27-15-17-29(18-16-27)42-41(35-24-39(47-5)38(46-4)23-32(35)26-43(42)25-28-11-7-6-8-12-28)40-33-14-10-9-13-30(33)21-34(40)31-19-20-36(44-2)37(22-31)45-3/h6-24,42H,25-26H2,1-5H3/b41-40-. The quantitative estimate of drug-likeness (QED) is 0.173. The summed E-state index contributed by atoms with van der Waals surface area (Å²) in [6, 6.07) is 38.9. The first-order valence-corrected chi connectivity index (χ1v) is 15.9. The fraction of sp³-hybridized carbons (Fsp3) is 0.190. The van der Waals surface area contributed by atoms with Crippen LogP contribution < -0.4 is 18.9 Å². The molecular formula is C42H39NO4. The minimum absolute atomic E-state index is 0.0499. The molecule has 5 aromatic rings. The van der Waals surface area contributed by atoms with Crippen molar-refractivity contribution in [2.24, 2.45) is 0 Å². The lowest BCUT2D eigenvalue weighted by Crippen LogP contribution is -2.34. The number of hydrogen-bond acceptors (Lipinski definition) is 5. The Labute approximate surface area is 277 Å². The number of ether oxygens (including phenoxy) is 4. The molecule has 1 aliphatic heterocycles. The fourth-order valence-electron chi connectivity index (χ4n) is 7.05. The second kappa shape index (κ2) is 12.9. The molecule has 5 nitrogen and oxygen atoms in total. The molecule has 2 aliphatic rings. The molecule has 0 bridgehead atoms. The van der Waals surface area contributed by atoms with Crippen molar-refractivity contribution in [2.75, 3.05) is 28.4 Å². The molecule has 1 aliphatic carbocycles. The average molecular weight is 622 g/mol. The van der Waals surface area contributed by atoms with E-state index in [1.54, 1.807) is 28.4 Å². The summed E-state index contributed by atoms with van der Waals surface area (Å²) >= 11 is 0. The Balaban J connectivity index is 1.57. The zero-order valence-electron chi connectivity index (χ0n) is 27.5. The second-order valence-electron chi connectivity index (χ2n) is 12.1. The van der Waals surface area contributed by atoms with Crippen molar-refractivity contribution in [1.82, 2.24) is 4.90 Å². The number of hydrogen-bond donors (Lipinski definition) is 0. The molecule has 236 valence electrons. The number of fused-ring (bicyclic) bond motifs is 2. The summed E-state index contributed by atoms with van der Waals surface area (Å²) in [7, 11) is 6.77. The summed E-state index contributed by atoms with van der Waals surface area (Å²) in [6.07, 6.45) is 2.31. The van der Waals surface area contributed by atoms with Gasteiger partial charge in [0.15, 0.2) is 23.0 Å². The van der Waals surface area contributed by atoms with Gasteiger partial charge in [-0.05, 0) is 92.9 Å². The van der Waals surface area contributed by atoms with Crippen molar-refractivity contribution >= 4 is 22.8 Å². The van der Waals surface area contributed by atoms with Gasteiger partial charge in [-0.25, -0.2) is 0 Å². The molecule has 0 aromatic heterocycles. The lowest BCUT2D eigenvalue weighted by atomic mass is 9.78. The van der Waals surface area contributed by atoms with Gasteiger partial charge in [-0.3, -0.25) is 4.90 Å². The van der Waals surface area contributed by atoms with Crippen LogP contribution in [-0.2, 0) is 13.1 Å². The molecule has 5 heteroatoms. The van der Waals surface area contributed by atoms with Crippen LogP contribution in [-0.4, -0.2) is 33.3 Å². The van der Waals surface area contributed by atoms with Crippen molar-refractivity contribution in [1.29, 1.82) is 0 Å². The molecule has 0 saturated carbocycles. The van der Waals surface area contributed by atoms with Gasteiger partial charge in [0.2, 0.25) is 0 Å². The van der Waals surface area contributed by atoms with Crippen LogP contribution in [0, 0.1) is 6.92 Å². The van der Waals surface area contributed by atoms with E-state index < -0.39 is 0 Å². The highest BCUT2D eigenvalue weighted by molar-refractivity contribution is 6.24. The molecule has 5 aromatic carbocycles. The Bertz CT molecular complexity index is 1990. The van der Waals surface area contributed by atoms with Crippen LogP contribution in [0.2, 0.25) is 0 Å². The monoisotopic (exact) mass is 621 g/mol. The number of methoxy groups -OCH3 is 4. The highest BCUT2D eigenvalue weighted by Crippen LogP contribution is 2.54. The number of benzene rings is 5. The maximum absolute atomic E-state index is 5.92. The van der Waals surface area contributed by atoms with Gasteiger partial charge in [0.1, 0.15) is 0 Å². The van der Waals surface area contributed by atoms with Crippen LogP contribution >= 0.6 is 0 Å². The Hall–Kier alpha value is -5.26. The van der Waals surface area contributed by atoms with Crippen LogP contribution in [0.1, 0.15) is 50.5 Å². The first-order valence-electron chi connectivity index (χ1n) is 15.9. The van der Waals surface area contributed by atoms with Gasteiger partial charge in [-0.1, -0.05) is 90.5 Å². The Morgan fingerprint density at radius 2 is 1.30 bits per heavy atom. The summed E-state index contributed by atoms with van der Waals surface area (Å²) < 4.78 is 23.2. The molecule has 0 N–H and O–H groups in total. The maximum Gasteiger partial charge on any atom is 0.161 e. The normalized spacial score (nSPS) is 17.0. The smallest absolute Gasteiger partial charge is 0.161 e. The minimum Gasteiger partial charge on any atom is -0.493 e. The predicted molar refractivity (Wildman–Crippen MR) is 190 cm³/mol. The average Bonchev–Trinajstić information content (AvgIpc) is 3.50. The molecule has 0 saturated heterocycles. The van der Waals surface area contributed by atoms with E-state index in [1.165, 1.54) is 44.5 Å². The van der Waals surface area contributed by atoms with Gasteiger partial charge < -0.3 is 18.9 Å². The summed E-state index contributed by atoms with van der Waals surface area (Å²) in [6.45, 7) is 3.67. The van der Waals surface area contributed by atoms with Gasteiger partial charge in [-0.2, -0.15) is 0 Å². The molecule has 1 unspecified atom stereocenters. The SMILES string of the molecule is COc1ccc(C2=Cc3ccccc3/C2=C2\c3cc(OC)c(OC)cc3CN(Cc3ccccc3)C2c2ccc(C)cc2)cc1OC. The van der Waals surface area contributed by atoms with Crippen LogP contribution in [0.3, 0.4) is 0 Å².